The predicted molar refractivity (Wildman–Crippen MR) is 145 cm³/mol. The molecule has 7 unspecified atom stereocenters. The van der Waals surface area contributed by atoms with Crippen molar-refractivity contribution in [3.05, 3.63) is 60.1 Å². The number of halogens is 1. The summed E-state index contributed by atoms with van der Waals surface area (Å²) in [5.41, 5.74) is 2.48. The number of ether oxygens (including phenoxy) is 1. The van der Waals surface area contributed by atoms with Crippen molar-refractivity contribution in [2.75, 3.05) is 0 Å². The molecule has 2 saturated heterocycles. The highest BCUT2D eigenvalue weighted by Gasteiger charge is 2.75. The lowest BCUT2D eigenvalue weighted by molar-refractivity contribution is -0.144. The maximum atomic E-state index is 13.7. The Morgan fingerprint density at radius 3 is 2.59 bits per heavy atom. The lowest BCUT2D eigenvalue weighted by atomic mass is 9.61. The summed E-state index contributed by atoms with van der Waals surface area (Å²) in [6.45, 7) is 14.6. The van der Waals surface area contributed by atoms with Gasteiger partial charge in [0.25, 0.3) is 6.47 Å². The van der Waals surface area contributed by atoms with E-state index in [2.05, 4.69) is 58.2 Å². The number of hydrogen-bond acceptors (Lipinski definition) is 4. The topological polar surface area (TPSA) is 66.6 Å². The number of carboxylic acid groups (broad SMARTS) is 1. The summed E-state index contributed by atoms with van der Waals surface area (Å²) in [5, 5.41) is 6.89. The fraction of sp³-hybridized carbons (Fsp3) is 0.613. The molecule has 1 spiro atoms. The normalized spacial score (nSPS) is 37.8. The van der Waals surface area contributed by atoms with Gasteiger partial charge in [0.2, 0.25) is 0 Å². The van der Waals surface area contributed by atoms with E-state index in [0.29, 0.717) is 17.9 Å². The molecule has 0 aromatic heterocycles. The number of allylic oxidation sites excluding steroid dienone is 9. The second-order valence-corrected chi connectivity index (χ2v) is 11.2. The van der Waals surface area contributed by atoms with Crippen LogP contribution in [0.2, 0.25) is 0 Å². The molecule has 5 aliphatic rings. The van der Waals surface area contributed by atoms with E-state index in [0.717, 1.165) is 24.3 Å². The molecule has 0 bridgehead atoms. The minimum absolute atomic E-state index is 0.00103. The Kier molecular flexibility index (Phi) is 9.60. The van der Waals surface area contributed by atoms with E-state index in [1.165, 1.54) is 37.5 Å². The SMILES string of the molecule is C=C/C(=C\C=C(/C)N1C2[C@H]3C(C)OC(=O)C3CC3CC(C)CCC321)C1C=C(F)C=CC1.CCC.O=CO. The Bertz CT molecular complexity index is 982. The van der Waals surface area contributed by atoms with Gasteiger partial charge in [0.1, 0.15) is 11.9 Å². The second kappa shape index (κ2) is 12.3. The Morgan fingerprint density at radius 2 is 1.97 bits per heavy atom. The van der Waals surface area contributed by atoms with E-state index >= 15 is 0 Å². The molecule has 1 N–H and O–H groups in total. The van der Waals surface area contributed by atoms with Crippen LogP contribution >= 0.6 is 0 Å². The summed E-state index contributed by atoms with van der Waals surface area (Å²) in [6, 6.07) is 0.400. The molecule has 5 rings (SSSR count). The number of carbonyl (C=O) groups excluding carboxylic acids is 1. The summed E-state index contributed by atoms with van der Waals surface area (Å²) in [4.78, 5) is 23.5. The molecule has 0 aromatic carbocycles. The first-order valence-electron chi connectivity index (χ1n) is 13.8. The minimum atomic E-state index is -0.250. The number of hydrogen-bond donors (Lipinski definition) is 1. The van der Waals surface area contributed by atoms with Crippen LogP contribution in [0.3, 0.4) is 0 Å². The van der Waals surface area contributed by atoms with Gasteiger partial charge in [-0.1, -0.05) is 52.0 Å². The summed E-state index contributed by atoms with van der Waals surface area (Å²) in [6.07, 6.45) is 17.9. The van der Waals surface area contributed by atoms with Gasteiger partial charge in [0.05, 0.1) is 17.5 Å². The molecule has 0 radical (unpaired) electrons. The van der Waals surface area contributed by atoms with E-state index in [4.69, 9.17) is 14.6 Å². The van der Waals surface area contributed by atoms with Crippen LogP contribution in [-0.4, -0.2) is 40.1 Å². The van der Waals surface area contributed by atoms with E-state index < -0.39 is 0 Å². The highest BCUT2D eigenvalue weighted by molar-refractivity contribution is 5.76. The maximum absolute atomic E-state index is 13.7. The Morgan fingerprint density at radius 1 is 1.30 bits per heavy atom. The largest absolute Gasteiger partial charge is 0.483 e. The van der Waals surface area contributed by atoms with Crippen molar-refractivity contribution in [1.29, 1.82) is 0 Å². The lowest BCUT2D eigenvalue weighted by Crippen LogP contribution is -2.44. The van der Waals surface area contributed by atoms with Crippen LogP contribution in [0.4, 0.5) is 4.39 Å². The molecule has 5 nitrogen and oxygen atoms in total. The number of carbonyl (C=O) groups is 2. The van der Waals surface area contributed by atoms with Crippen LogP contribution < -0.4 is 0 Å². The first kappa shape index (κ1) is 28.9. The number of cyclic esters (lactones) is 1. The molecule has 2 aliphatic heterocycles. The third-order valence-electron chi connectivity index (χ3n) is 8.71. The Labute approximate surface area is 221 Å². The average molecular weight is 514 g/mol. The number of likely N-dealkylation sites (tertiary alicyclic amines) is 1. The van der Waals surface area contributed by atoms with Gasteiger partial charge in [-0.05, 0) is 81.6 Å². The van der Waals surface area contributed by atoms with Crippen molar-refractivity contribution in [2.45, 2.75) is 90.8 Å². The zero-order valence-corrected chi connectivity index (χ0v) is 23.0. The highest BCUT2D eigenvalue weighted by atomic mass is 19.1. The van der Waals surface area contributed by atoms with E-state index in [-0.39, 0.29) is 41.7 Å². The van der Waals surface area contributed by atoms with Crippen LogP contribution in [0.15, 0.2) is 60.1 Å². The third kappa shape index (κ3) is 5.63. The molecule has 4 fully saturated rings. The van der Waals surface area contributed by atoms with Crippen LogP contribution in [0.1, 0.15) is 73.1 Å². The van der Waals surface area contributed by atoms with Gasteiger partial charge >= 0.3 is 5.97 Å². The van der Waals surface area contributed by atoms with Crippen molar-refractivity contribution >= 4 is 12.4 Å². The zero-order valence-electron chi connectivity index (χ0n) is 23.0. The first-order valence-corrected chi connectivity index (χ1v) is 13.8. The molecule has 0 amide bonds. The molecule has 0 aromatic rings. The van der Waals surface area contributed by atoms with Crippen molar-refractivity contribution in [3.8, 4) is 0 Å². The summed E-state index contributed by atoms with van der Waals surface area (Å²) in [5.74, 6) is 1.52. The zero-order chi connectivity index (χ0) is 27.3. The molecule has 6 heteroatoms. The van der Waals surface area contributed by atoms with Gasteiger partial charge in [0, 0.05) is 17.5 Å². The fourth-order valence-corrected chi connectivity index (χ4v) is 7.31. The lowest BCUT2D eigenvalue weighted by Gasteiger charge is -2.40. The summed E-state index contributed by atoms with van der Waals surface area (Å²) < 4.78 is 19.4. The van der Waals surface area contributed by atoms with Crippen LogP contribution in [-0.2, 0) is 14.3 Å². The number of rotatable bonds is 4. The van der Waals surface area contributed by atoms with E-state index in [1.54, 1.807) is 6.08 Å². The van der Waals surface area contributed by atoms with E-state index in [1.807, 2.05) is 12.2 Å². The molecule has 37 heavy (non-hydrogen) atoms. The molecule has 8 atom stereocenters. The van der Waals surface area contributed by atoms with E-state index in [9.17, 15) is 9.18 Å². The van der Waals surface area contributed by atoms with Gasteiger partial charge in [0.15, 0.2) is 0 Å². The van der Waals surface area contributed by atoms with Gasteiger partial charge in [-0.3, -0.25) is 9.59 Å². The molecule has 2 heterocycles. The standard InChI is InChI=1S/C27H34FNO2.C3H8.CH2O2/c1-5-19(20-7-6-8-22(28)14-20)10-9-17(3)29-25-24-18(4)31-26(30)23(24)15-21-13-16(2)11-12-27(21,25)29;1-3-2;2-1-3/h5-6,8-10,14,16,18,20-21,23-25H,1,7,11-13,15H2,2-4H3;3H2,1-2H3;1H,(H,2,3)/b17-9+,19-10+;;/t16?,18?,20?,21?,23?,24-,25?,27?,29?;;/m0../s1. The second-order valence-electron chi connectivity index (χ2n) is 11.2. The fourth-order valence-electron chi connectivity index (χ4n) is 7.31. The van der Waals surface area contributed by atoms with Gasteiger partial charge in [-0.2, -0.15) is 0 Å². The van der Waals surface area contributed by atoms with Crippen LogP contribution in [0, 0.1) is 29.6 Å². The number of nitrogens with zero attached hydrogens (tertiary/aromatic N) is 1. The third-order valence-corrected chi connectivity index (χ3v) is 8.71. The molecule has 2 saturated carbocycles. The number of fused-ring (bicyclic) bond motifs is 2. The highest BCUT2D eigenvalue weighted by Crippen LogP contribution is 2.67. The molecule has 204 valence electrons. The van der Waals surface area contributed by atoms with Crippen LogP contribution in [0.25, 0.3) is 0 Å². The Balaban J connectivity index is 0.000000580. The molecular formula is C31H44FNO4. The average Bonchev–Trinajstić information content (AvgIpc) is 3.44. The van der Waals surface area contributed by atoms with Crippen molar-refractivity contribution < 1.29 is 23.8 Å². The quantitative estimate of drug-likeness (QED) is 0.190. The first-order chi connectivity index (χ1) is 17.7. The van der Waals surface area contributed by atoms with Gasteiger partial charge < -0.3 is 14.7 Å². The summed E-state index contributed by atoms with van der Waals surface area (Å²) in [7, 11) is 0. The van der Waals surface area contributed by atoms with Crippen molar-refractivity contribution in [1.82, 2.24) is 4.90 Å². The van der Waals surface area contributed by atoms with Crippen molar-refractivity contribution in [3.63, 3.8) is 0 Å². The van der Waals surface area contributed by atoms with Gasteiger partial charge in [-0.15, -0.1) is 0 Å². The maximum Gasteiger partial charge on any atom is 0.309 e. The van der Waals surface area contributed by atoms with Crippen LogP contribution in [0.5, 0.6) is 0 Å². The minimum Gasteiger partial charge on any atom is -0.483 e. The predicted octanol–water partition coefficient (Wildman–Crippen LogP) is 6.99. The Hall–Kier alpha value is -2.63. The summed E-state index contributed by atoms with van der Waals surface area (Å²) >= 11 is 0. The molecular weight excluding hydrogens is 469 g/mol. The van der Waals surface area contributed by atoms with Crippen molar-refractivity contribution in [2.24, 2.45) is 29.6 Å². The smallest absolute Gasteiger partial charge is 0.309 e. The molecule has 3 aliphatic carbocycles. The van der Waals surface area contributed by atoms with Gasteiger partial charge in [-0.25, -0.2) is 4.39 Å². The number of esters is 1. The monoisotopic (exact) mass is 513 g/mol.